The number of carbonyl (C=O) groups is 1. The van der Waals surface area contributed by atoms with Crippen LogP contribution in [-0.4, -0.2) is 22.5 Å². The smallest absolute Gasteiger partial charge is 0.345 e. The third kappa shape index (κ3) is 1.84. The molecule has 2 aromatic rings. The fourth-order valence-electron chi connectivity index (χ4n) is 1.55. The van der Waals surface area contributed by atoms with Crippen LogP contribution >= 0.6 is 0 Å². The molecule has 3 N–H and O–H groups in total. The van der Waals surface area contributed by atoms with Gasteiger partial charge in [0.25, 0.3) is 5.56 Å². The van der Waals surface area contributed by atoms with Crippen molar-refractivity contribution in [1.82, 2.24) is 9.97 Å². The molecule has 0 atom stereocenters. The molecule has 88 valence electrons. The lowest BCUT2D eigenvalue weighted by atomic mass is 10.2. The first-order chi connectivity index (χ1) is 8.15. The topological polar surface area (TPSA) is 98.1 Å². The summed E-state index contributed by atoms with van der Waals surface area (Å²) in [7, 11) is 0. The largest absolute Gasteiger partial charge is 0.462 e. The van der Waals surface area contributed by atoms with Gasteiger partial charge in [0.15, 0.2) is 0 Å². The standard InChI is InChI=1S/C11H11N3O3/c1-2-17-11(16)7-8(12)9-6(14-10(7)15)4-3-5-13-9/h3-5H,2H2,1H3,(H3,12,14,15). The van der Waals surface area contributed by atoms with Gasteiger partial charge in [-0.25, -0.2) is 4.79 Å². The molecule has 0 fully saturated rings. The van der Waals surface area contributed by atoms with E-state index >= 15 is 0 Å². The van der Waals surface area contributed by atoms with E-state index in [2.05, 4.69) is 9.97 Å². The summed E-state index contributed by atoms with van der Waals surface area (Å²) < 4.78 is 4.77. The molecule has 2 rings (SSSR count). The number of aromatic amines is 1. The monoisotopic (exact) mass is 233 g/mol. The Labute approximate surface area is 96.4 Å². The van der Waals surface area contributed by atoms with Gasteiger partial charge >= 0.3 is 5.97 Å². The first-order valence-electron chi connectivity index (χ1n) is 5.08. The summed E-state index contributed by atoms with van der Waals surface area (Å²) in [5.41, 5.74) is 5.92. The minimum absolute atomic E-state index is 0.0443. The molecule has 0 aliphatic heterocycles. The molecular weight excluding hydrogens is 222 g/mol. The van der Waals surface area contributed by atoms with Crippen LogP contribution in [0, 0.1) is 0 Å². The molecule has 6 nitrogen and oxygen atoms in total. The van der Waals surface area contributed by atoms with Gasteiger partial charge in [0.05, 0.1) is 17.8 Å². The molecule has 6 heteroatoms. The van der Waals surface area contributed by atoms with Gasteiger partial charge in [-0.1, -0.05) is 0 Å². The number of nitrogens with zero attached hydrogens (tertiary/aromatic N) is 1. The van der Waals surface area contributed by atoms with Crippen molar-refractivity contribution >= 4 is 22.7 Å². The van der Waals surface area contributed by atoms with Gasteiger partial charge in [0.2, 0.25) is 0 Å². The molecule has 0 amide bonds. The van der Waals surface area contributed by atoms with Crippen LogP contribution in [0.4, 0.5) is 5.69 Å². The van der Waals surface area contributed by atoms with E-state index in [9.17, 15) is 9.59 Å². The highest BCUT2D eigenvalue weighted by atomic mass is 16.5. The Kier molecular flexibility index (Phi) is 2.78. The van der Waals surface area contributed by atoms with Crippen LogP contribution in [0.5, 0.6) is 0 Å². The molecule has 0 spiro atoms. The Bertz CT molecular complexity index is 633. The van der Waals surface area contributed by atoms with Crippen molar-refractivity contribution in [1.29, 1.82) is 0 Å². The maximum absolute atomic E-state index is 11.7. The van der Waals surface area contributed by atoms with Crippen molar-refractivity contribution in [3.8, 4) is 0 Å². The molecular formula is C11H11N3O3. The second-order valence-corrected chi connectivity index (χ2v) is 3.36. The Hall–Kier alpha value is -2.37. The van der Waals surface area contributed by atoms with Crippen LogP contribution in [0.2, 0.25) is 0 Å². The first kappa shape index (κ1) is 11.1. The maximum atomic E-state index is 11.7. The third-order valence-corrected chi connectivity index (χ3v) is 2.29. The van der Waals surface area contributed by atoms with Crippen LogP contribution in [0.1, 0.15) is 17.3 Å². The highest BCUT2D eigenvalue weighted by Crippen LogP contribution is 2.18. The highest BCUT2D eigenvalue weighted by molar-refractivity contribution is 6.02. The van der Waals surface area contributed by atoms with E-state index in [4.69, 9.17) is 10.5 Å². The zero-order chi connectivity index (χ0) is 12.4. The second kappa shape index (κ2) is 4.25. The summed E-state index contributed by atoms with van der Waals surface area (Å²) in [5.74, 6) is -0.737. The van der Waals surface area contributed by atoms with E-state index in [0.29, 0.717) is 11.0 Å². The first-order valence-corrected chi connectivity index (χ1v) is 5.08. The molecule has 0 aliphatic carbocycles. The molecule has 2 heterocycles. The Morgan fingerprint density at radius 2 is 2.35 bits per heavy atom. The molecule has 0 aromatic carbocycles. The average Bonchev–Trinajstić information content (AvgIpc) is 2.29. The number of hydrogen-bond acceptors (Lipinski definition) is 5. The molecule has 0 unspecified atom stereocenters. The van der Waals surface area contributed by atoms with Crippen LogP contribution < -0.4 is 11.3 Å². The maximum Gasteiger partial charge on any atom is 0.345 e. The summed E-state index contributed by atoms with van der Waals surface area (Å²) in [6.45, 7) is 1.83. The molecule has 2 aromatic heterocycles. The quantitative estimate of drug-likeness (QED) is 0.743. The number of hydrogen-bond donors (Lipinski definition) is 2. The number of aromatic nitrogens is 2. The molecule has 17 heavy (non-hydrogen) atoms. The SMILES string of the molecule is CCOC(=O)c1c(N)c2ncccc2[nH]c1=O. The van der Waals surface area contributed by atoms with Gasteiger partial charge in [-0.3, -0.25) is 9.78 Å². The predicted molar refractivity (Wildman–Crippen MR) is 62.7 cm³/mol. The van der Waals surface area contributed by atoms with Crippen molar-refractivity contribution in [2.24, 2.45) is 0 Å². The summed E-state index contributed by atoms with van der Waals surface area (Å²) in [4.78, 5) is 29.8. The number of rotatable bonds is 2. The van der Waals surface area contributed by atoms with Gasteiger partial charge in [-0.2, -0.15) is 0 Å². The van der Waals surface area contributed by atoms with Gasteiger partial charge in [-0.15, -0.1) is 0 Å². The summed E-state index contributed by atoms with van der Waals surface area (Å²) >= 11 is 0. The van der Waals surface area contributed by atoms with Crippen LogP contribution in [0.15, 0.2) is 23.1 Å². The zero-order valence-electron chi connectivity index (χ0n) is 9.19. The zero-order valence-corrected chi connectivity index (χ0v) is 9.19. The van der Waals surface area contributed by atoms with E-state index in [-0.39, 0.29) is 17.9 Å². The summed E-state index contributed by atoms with van der Waals surface area (Å²) in [5, 5.41) is 0. The van der Waals surface area contributed by atoms with Crippen molar-refractivity contribution in [2.45, 2.75) is 6.92 Å². The molecule has 0 saturated carbocycles. The van der Waals surface area contributed by atoms with Crippen LogP contribution in [-0.2, 0) is 4.74 Å². The number of pyridine rings is 2. The molecule has 0 radical (unpaired) electrons. The van der Waals surface area contributed by atoms with E-state index in [1.165, 1.54) is 6.20 Å². The van der Waals surface area contributed by atoms with Gasteiger partial charge < -0.3 is 15.5 Å². The second-order valence-electron chi connectivity index (χ2n) is 3.36. The number of nitrogens with one attached hydrogen (secondary N) is 1. The Balaban J connectivity index is 2.72. The number of anilines is 1. The molecule has 0 saturated heterocycles. The number of esters is 1. The minimum Gasteiger partial charge on any atom is -0.462 e. The number of H-pyrrole nitrogens is 1. The number of nitrogen functional groups attached to an aromatic ring is 1. The van der Waals surface area contributed by atoms with Crippen LogP contribution in [0.25, 0.3) is 11.0 Å². The summed E-state index contributed by atoms with van der Waals surface area (Å²) in [6.07, 6.45) is 1.53. The fourth-order valence-corrected chi connectivity index (χ4v) is 1.55. The van der Waals surface area contributed by atoms with Gasteiger partial charge in [0, 0.05) is 6.20 Å². The van der Waals surface area contributed by atoms with E-state index in [1.807, 2.05) is 0 Å². The van der Waals surface area contributed by atoms with Gasteiger partial charge in [0.1, 0.15) is 11.1 Å². The van der Waals surface area contributed by atoms with E-state index in [1.54, 1.807) is 19.1 Å². The number of ether oxygens (including phenoxy) is 1. The van der Waals surface area contributed by atoms with Crippen molar-refractivity contribution < 1.29 is 9.53 Å². The summed E-state index contributed by atoms with van der Waals surface area (Å²) in [6, 6.07) is 3.33. The molecule has 0 aliphatic rings. The lowest BCUT2D eigenvalue weighted by Gasteiger charge is -2.06. The van der Waals surface area contributed by atoms with Crippen molar-refractivity contribution in [3.05, 3.63) is 34.2 Å². The Morgan fingerprint density at radius 1 is 1.59 bits per heavy atom. The number of carbonyl (C=O) groups excluding carboxylic acids is 1. The number of fused-ring (bicyclic) bond motifs is 1. The highest BCUT2D eigenvalue weighted by Gasteiger charge is 2.18. The Morgan fingerprint density at radius 3 is 3.06 bits per heavy atom. The normalized spacial score (nSPS) is 10.4. The lowest BCUT2D eigenvalue weighted by molar-refractivity contribution is 0.0526. The lowest BCUT2D eigenvalue weighted by Crippen LogP contribution is -2.22. The van der Waals surface area contributed by atoms with Crippen molar-refractivity contribution in [2.75, 3.05) is 12.3 Å². The van der Waals surface area contributed by atoms with Crippen LogP contribution in [0.3, 0.4) is 0 Å². The number of nitrogens with two attached hydrogens (primary N) is 1. The predicted octanol–water partition coefficient (Wildman–Crippen LogP) is 0.682. The molecule has 0 bridgehead atoms. The van der Waals surface area contributed by atoms with E-state index in [0.717, 1.165) is 0 Å². The third-order valence-electron chi connectivity index (χ3n) is 2.29. The van der Waals surface area contributed by atoms with Crippen molar-refractivity contribution in [3.63, 3.8) is 0 Å². The minimum atomic E-state index is -0.737. The average molecular weight is 233 g/mol. The fraction of sp³-hybridized carbons (Fsp3) is 0.182. The van der Waals surface area contributed by atoms with Gasteiger partial charge in [-0.05, 0) is 19.1 Å². The van der Waals surface area contributed by atoms with E-state index < -0.39 is 11.5 Å².